The number of hydrogen-bond donors (Lipinski definition) is 2. The number of pyridine rings is 1. The lowest BCUT2D eigenvalue weighted by Gasteiger charge is -2.12. The molecule has 3 heterocycles. The van der Waals surface area contributed by atoms with Gasteiger partial charge in [-0.05, 0) is 68.9 Å². The number of aryl methyl sites for hydroxylation is 4. The van der Waals surface area contributed by atoms with Crippen molar-refractivity contribution in [1.82, 2.24) is 4.98 Å². The Balaban J connectivity index is 1.65. The number of carbonyl (C=O) groups is 1. The number of rotatable bonds is 3. The lowest BCUT2D eigenvalue weighted by atomic mass is 10.0. The van der Waals surface area contributed by atoms with Crippen LogP contribution in [0.2, 0.25) is 0 Å². The van der Waals surface area contributed by atoms with E-state index in [2.05, 4.69) is 24.4 Å². The minimum Gasteiger partial charge on any atom is -0.464 e. The van der Waals surface area contributed by atoms with Crippen molar-refractivity contribution in [2.45, 2.75) is 40.0 Å². The highest BCUT2D eigenvalue weighted by Crippen LogP contribution is 2.44. The maximum Gasteiger partial charge on any atom is 0.267 e. The molecule has 3 N–H and O–H groups in total. The van der Waals surface area contributed by atoms with Crippen LogP contribution >= 0.6 is 11.3 Å². The van der Waals surface area contributed by atoms with E-state index in [0.29, 0.717) is 10.6 Å². The van der Waals surface area contributed by atoms with E-state index in [-0.39, 0.29) is 5.91 Å². The Labute approximate surface area is 178 Å². The van der Waals surface area contributed by atoms with Crippen LogP contribution in [-0.4, -0.2) is 10.9 Å². The molecule has 30 heavy (non-hydrogen) atoms. The summed E-state index contributed by atoms with van der Waals surface area (Å²) in [7, 11) is 0. The second-order valence-electron chi connectivity index (χ2n) is 8.00. The van der Waals surface area contributed by atoms with Crippen LogP contribution in [0.4, 0.5) is 11.4 Å². The van der Waals surface area contributed by atoms with E-state index in [9.17, 15) is 4.79 Å². The first-order valence-corrected chi connectivity index (χ1v) is 10.9. The number of nitrogen functional groups attached to an aromatic ring is 1. The molecule has 4 aromatic rings. The number of fused-ring (bicyclic) bond motifs is 2. The van der Waals surface area contributed by atoms with E-state index >= 15 is 0 Å². The standard InChI is InChI=1S/C24H23N3O2S/c1-12-10-13(2)21(14(3)11-12)27-23(28)22-20(25)19-18(17-8-5-9-29-17)15-6-4-7-16(15)26-24(19)30-22/h5,8-11H,4,6-7,25H2,1-3H3,(H,27,28). The first-order chi connectivity index (χ1) is 14.4. The molecular formula is C24H23N3O2S. The van der Waals surface area contributed by atoms with Gasteiger partial charge in [-0.1, -0.05) is 17.7 Å². The maximum atomic E-state index is 13.2. The van der Waals surface area contributed by atoms with Crippen LogP contribution < -0.4 is 11.1 Å². The van der Waals surface area contributed by atoms with Gasteiger partial charge in [0.1, 0.15) is 15.5 Å². The summed E-state index contributed by atoms with van der Waals surface area (Å²) in [6.45, 7) is 6.06. The summed E-state index contributed by atoms with van der Waals surface area (Å²) in [4.78, 5) is 19.4. The SMILES string of the molecule is Cc1cc(C)c(NC(=O)c2sc3nc4c(c(-c5ccco5)c3c2N)CCC4)c(C)c1. The topological polar surface area (TPSA) is 81.2 Å². The van der Waals surface area contributed by atoms with Gasteiger partial charge in [0.2, 0.25) is 0 Å². The predicted octanol–water partition coefficient (Wildman–Crippen LogP) is 5.80. The van der Waals surface area contributed by atoms with Crippen LogP contribution in [-0.2, 0) is 12.8 Å². The Hall–Kier alpha value is -3.12. The molecule has 0 atom stereocenters. The van der Waals surface area contributed by atoms with Gasteiger partial charge in [0, 0.05) is 22.3 Å². The molecule has 1 aromatic carbocycles. The van der Waals surface area contributed by atoms with Gasteiger partial charge in [0.15, 0.2) is 0 Å². The van der Waals surface area contributed by atoms with Crippen molar-refractivity contribution in [2.24, 2.45) is 0 Å². The zero-order chi connectivity index (χ0) is 21.0. The van der Waals surface area contributed by atoms with Crippen molar-refractivity contribution in [1.29, 1.82) is 0 Å². The van der Waals surface area contributed by atoms with E-state index in [0.717, 1.165) is 63.3 Å². The van der Waals surface area contributed by atoms with Gasteiger partial charge >= 0.3 is 0 Å². The zero-order valence-electron chi connectivity index (χ0n) is 17.3. The van der Waals surface area contributed by atoms with Crippen molar-refractivity contribution in [3.05, 3.63) is 63.4 Å². The summed E-state index contributed by atoms with van der Waals surface area (Å²) in [6.07, 6.45) is 4.64. The molecule has 0 radical (unpaired) electrons. The zero-order valence-corrected chi connectivity index (χ0v) is 18.1. The minimum atomic E-state index is -0.198. The van der Waals surface area contributed by atoms with Gasteiger partial charge in [-0.2, -0.15) is 0 Å². The number of anilines is 2. The molecular weight excluding hydrogens is 394 g/mol. The van der Waals surface area contributed by atoms with E-state index < -0.39 is 0 Å². The quantitative estimate of drug-likeness (QED) is 0.441. The van der Waals surface area contributed by atoms with Gasteiger partial charge in [0.05, 0.1) is 12.0 Å². The van der Waals surface area contributed by atoms with Crippen molar-refractivity contribution in [3.8, 4) is 11.3 Å². The monoisotopic (exact) mass is 417 g/mol. The molecule has 152 valence electrons. The average molecular weight is 418 g/mol. The first kappa shape index (κ1) is 18.9. The van der Waals surface area contributed by atoms with Crippen molar-refractivity contribution >= 4 is 38.8 Å². The molecule has 1 amide bonds. The number of aromatic nitrogens is 1. The molecule has 0 aliphatic heterocycles. The Morgan fingerprint density at radius 3 is 2.67 bits per heavy atom. The fourth-order valence-corrected chi connectivity index (χ4v) is 5.57. The number of thiophene rings is 1. The minimum absolute atomic E-state index is 0.198. The van der Waals surface area contributed by atoms with Crippen LogP contribution in [0.3, 0.4) is 0 Å². The first-order valence-electron chi connectivity index (χ1n) is 10.1. The van der Waals surface area contributed by atoms with E-state index in [1.807, 2.05) is 26.0 Å². The second-order valence-corrected chi connectivity index (χ2v) is 8.99. The van der Waals surface area contributed by atoms with Crippen molar-refractivity contribution in [3.63, 3.8) is 0 Å². The maximum absolute atomic E-state index is 13.2. The van der Waals surface area contributed by atoms with Gasteiger partial charge in [-0.15, -0.1) is 11.3 Å². The van der Waals surface area contributed by atoms with Crippen molar-refractivity contribution in [2.75, 3.05) is 11.1 Å². The van der Waals surface area contributed by atoms with E-state index in [1.54, 1.807) is 6.26 Å². The molecule has 5 nitrogen and oxygen atoms in total. The summed E-state index contributed by atoms with van der Waals surface area (Å²) in [5, 5.41) is 3.91. The summed E-state index contributed by atoms with van der Waals surface area (Å²) in [5.74, 6) is 0.582. The number of nitrogens with two attached hydrogens (primary N) is 1. The number of nitrogens with one attached hydrogen (secondary N) is 1. The molecule has 1 aliphatic rings. The molecule has 0 saturated heterocycles. The Kier molecular flexibility index (Phi) is 4.40. The summed E-state index contributed by atoms with van der Waals surface area (Å²) in [5.41, 5.74) is 14.4. The summed E-state index contributed by atoms with van der Waals surface area (Å²) < 4.78 is 5.74. The number of nitrogens with zero attached hydrogens (tertiary/aromatic N) is 1. The highest BCUT2D eigenvalue weighted by atomic mass is 32.1. The molecule has 0 saturated carbocycles. The van der Waals surface area contributed by atoms with Gasteiger partial charge in [-0.3, -0.25) is 4.79 Å². The highest BCUT2D eigenvalue weighted by Gasteiger charge is 2.27. The molecule has 0 spiro atoms. The van der Waals surface area contributed by atoms with Crippen molar-refractivity contribution < 1.29 is 9.21 Å². The number of benzene rings is 1. The predicted molar refractivity (Wildman–Crippen MR) is 122 cm³/mol. The third-order valence-electron chi connectivity index (χ3n) is 5.79. The Morgan fingerprint density at radius 2 is 1.97 bits per heavy atom. The molecule has 6 heteroatoms. The molecule has 0 bridgehead atoms. The molecule has 0 unspecified atom stereocenters. The largest absolute Gasteiger partial charge is 0.464 e. The van der Waals surface area contributed by atoms with Gasteiger partial charge in [0.25, 0.3) is 5.91 Å². The number of furan rings is 1. The second kappa shape index (κ2) is 6.99. The van der Waals surface area contributed by atoms with Gasteiger partial charge in [-0.25, -0.2) is 4.98 Å². The third kappa shape index (κ3) is 2.91. The number of hydrogen-bond acceptors (Lipinski definition) is 5. The highest BCUT2D eigenvalue weighted by molar-refractivity contribution is 7.21. The van der Waals surface area contributed by atoms with Crippen LogP contribution in [0.1, 0.15) is 44.0 Å². The third-order valence-corrected chi connectivity index (χ3v) is 6.89. The van der Waals surface area contributed by atoms with E-state index in [1.165, 1.54) is 22.5 Å². The summed E-state index contributed by atoms with van der Waals surface area (Å²) >= 11 is 1.35. The van der Waals surface area contributed by atoms with Crippen LogP contribution in [0, 0.1) is 20.8 Å². The van der Waals surface area contributed by atoms with Crippen LogP contribution in [0.15, 0.2) is 34.9 Å². The lowest BCUT2D eigenvalue weighted by molar-refractivity contribution is 0.103. The smallest absolute Gasteiger partial charge is 0.267 e. The Morgan fingerprint density at radius 1 is 1.20 bits per heavy atom. The fourth-order valence-electron chi connectivity index (χ4n) is 4.55. The normalized spacial score (nSPS) is 13.0. The average Bonchev–Trinajstić information content (AvgIpc) is 3.43. The van der Waals surface area contributed by atoms with E-state index in [4.69, 9.17) is 15.1 Å². The summed E-state index contributed by atoms with van der Waals surface area (Å²) in [6, 6.07) is 7.96. The molecule has 0 fully saturated rings. The van der Waals surface area contributed by atoms with Crippen LogP contribution in [0.25, 0.3) is 21.5 Å². The lowest BCUT2D eigenvalue weighted by Crippen LogP contribution is -2.14. The molecule has 1 aliphatic carbocycles. The molecule has 3 aromatic heterocycles. The van der Waals surface area contributed by atoms with Gasteiger partial charge < -0.3 is 15.5 Å². The van der Waals surface area contributed by atoms with Crippen LogP contribution in [0.5, 0.6) is 0 Å². The Bertz CT molecular complexity index is 1280. The number of amides is 1. The molecule has 5 rings (SSSR count). The fraction of sp³-hybridized carbons (Fsp3) is 0.250. The number of carbonyl (C=O) groups excluding carboxylic acids is 1.